The topological polar surface area (TPSA) is 64.9 Å². The average molecular weight is 707 g/mol. The number of piperidine rings is 2. The number of carbonyl (C=O) groups excluding carboxylic acids is 2. The molecular formula is C40H53F3N6O2. The van der Waals surface area contributed by atoms with Crippen molar-refractivity contribution >= 4 is 11.9 Å². The third kappa shape index (κ3) is 8.19. The third-order valence-corrected chi connectivity index (χ3v) is 11.7. The Kier molecular flexibility index (Phi) is 11.3. The number of hydrogen-bond donors (Lipinski definition) is 0. The van der Waals surface area contributed by atoms with Gasteiger partial charge in [-0.15, -0.1) is 0 Å². The average Bonchev–Trinajstić information content (AvgIpc) is 3.70. The first-order chi connectivity index (χ1) is 24.4. The maximum absolute atomic E-state index is 16.0. The predicted octanol–water partition coefficient (Wildman–Crippen LogP) is 7.19. The van der Waals surface area contributed by atoms with Crippen LogP contribution in [0.1, 0.15) is 86.8 Å². The van der Waals surface area contributed by atoms with Gasteiger partial charge in [-0.2, -0.15) is 0 Å². The van der Waals surface area contributed by atoms with Crippen LogP contribution < -0.4 is 0 Å². The molecule has 0 saturated carbocycles. The first-order valence-corrected chi connectivity index (χ1v) is 18.7. The summed E-state index contributed by atoms with van der Waals surface area (Å²) in [5.41, 5.74) is -0.834. The number of rotatable bonds is 9. The van der Waals surface area contributed by atoms with E-state index < -0.39 is 23.9 Å². The number of carbonyl (C=O) groups is 2. The third-order valence-electron chi connectivity index (χ3n) is 11.7. The zero-order valence-electron chi connectivity index (χ0n) is 30.5. The highest BCUT2D eigenvalue weighted by Crippen LogP contribution is 2.40. The summed E-state index contributed by atoms with van der Waals surface area (Å²) >= 11 is 0. The van der Waals surface area contributed by atoms with Crippen LogP contribution in [-0.2, 0) is 18.0 Å². The second-order valence-corrected chi connectivity index (χ2v) is 15.2. The fourth-order valence-electron chi connectivity index (χ4n) is 8.09. The van der Waals surface area contributed by atoms with Crippen LogP contribution in [0, 0.1) is 5.92 Å². The number of likely N-dealkylation sites (tertiary alicyclic amines) is 2. The highest BCUT2D eigenvalue weighted by atomic mass is 19.3. The van der Waals surface area contributed by atoms with E-state index >= 15 is 13.2 Å². The number of nitrogens with zero attached hydrogens (tertiary/aromatic N) is 6. The molecule has 0 spiro atoms. The molecule has 3 aromatic rings. The monoisotopic (exact) mass is 706 g/mol. The SMILES string of the molecule is CCC(F)(F)c1cc(C(=O)N2CCC(N3CCN(C4CCCN(C(=O)n5ccnc5)C4)CC3)CC2Cc2ccccc2)cc(C(C)(F)C(C)C)c1. The molecule has 2 aromatic carbocycles. The zero-order chi connectivity index (χ0) is 36.3. The Balaban J connectivity index is 1.17. The van der Waals surface area contributed by atoms with Crippen molar-refractivity contribution in [2.75, 3.05) is 45.8 Å². The number of imidazole rings is 1. The van der Waals surface area contributed by atoms with Gasteiger partial charge in [-0.25, -0.2) is 22.9 Å². The Morgan fingerprint density at radius 1 is 0.902 bits per heavy atom. The number of amides is 2. The van der Waals surface area contributed by atoms with Gasteiger partial charge in [0.2, 0.25) is 0 Å². The summed E-state index contributed by atoms with van der Waals surface area (Å²) in [6, 6.07) is 14.5. The lowest BCUT2D eigenvalue weighted by Crippen LogP contribution is -2.59. The summed E-state index contributed by atoms with van der Waals surface area (Å²) in [6.45, 7) is 11.9. The van der Waals surface area contributed by atoms with Crippen LogP contribution in [0.5, 0.6) is 0 Å². The Morgan fingerprint density at radius 2 is 1.59 bits per heavy atom. The summed E-state index contributed by atoms with van der Waals surface area (Å²) in [4.78, 5) is 40.2. The Hall–Kier alpha value is -3.70. The summed E-state index contributed by atoms with van der Waals surface area (Å²) in [6.07, 6.45) is 8.67. The predicted molar refractivity (Wildman–Crippen MR) is 193 cm³/mol. The van der Waals surface area contributed by atoms with Crippen LogP contribution >= 0.6 is 0 Å². The van der Waals surface area contributed by atoms with Crippen molar-refractivity contribution in [1.82, 2.24) is 29.2 Å². The Bertz CT molecular complexity index is 1620. The summed E-state index contributed by atoms with van der Waals surface area (Å²) in [5.74, 6) is -3.96. The van der Waals surface area contributed by atoms with Crippen molar-refractivity contribution in [3.63, 3.8) is 0 Å². The van der Waals surface area contributed by atoms with Gasteiger partial charge in [0.1, 0.15) is 12.0 Å². The van der Waals surface area contributed by atoms with E-state index in [1.54, 1.807) is 37.1 Å². The second-order valence-electron chi connectivity index (χ2n) is 15.2. The molecule has 6 rings (SSSR count). The fourth-order valence-corrected chi connectivity index (χ4v) is 8.09. The molecule has 3 aliphatic rings. The molecule has 276 valence electrons. The molecule has 0 radical (unpaired) electrons. The Morgan fingerprint density at radius 3 is 2.24 bits per heavy atom. The van der Waals surface area contributed by atoms with Gasteiger partial charge in [0.05, 0.1) is 0 Å². The number of aromatic nitrogens is 2. The molecule has 1 aromatic heterocycles. The largest absolute Gasteiger partial charge is 0.335 e. The molecule has 3 saturated heterocycles. The smallest absolute Gasteiger partial charge is 0.329 e. The van der Waals surface area contributed by atoms with Crippen molar-refractivity contribution < 1.29 is 22.8 Å². The van der Waals surface area contributed by atoms with E-state index in [9.17, 15) is 9.59 Å². The summed E-state index contributed by atoms with van der Waals surface area (Å²) in [5, 5.41) is 0. The van der Waals surface area contributed by atoms with Crippen LogP contribution in [0.2, 0.25) is 0 Å². The van der Waals surface area contributed by atoms with Crippen LogP contribution in [0.4, 0.5) is 18.0 Å². The van der Waals surface area contributed by atoms with Gasteiger partial charge >= 0.3 is 6.03 Å². The number of halogens is 3. The van der Waals surface area contributed by atoms with Crippen molar-refractivity contribution in [1.29, 1.82) is 0 Å². The number of alkyl halides is 3. The number of hydrogen-bond acceptors (Lipinski definition) is 5. The summed E-state index contributed by atoms with van der Waals surface area (Å²) in [7, 11) is 0. The molecule has 3 fully saturated rings. The normalized spacial score (nSPS) is 23.7. The first kappa shape index (κ1) is 37.1. The lowest BCUT2D eigenvalue weighted by atomic mass is 9.84. The van der Waals surface area contributed by atoms with Gasteiger partial charge < -0.3 is 9.80 Å². The summed E-state index contributed by atoms with van der Waals surface area (Å²) < 4.78 is 47.8. The van der Waals surface area contributed by atoms with Crippen molar-refractivity contribution in [3.05, 3.63) is 89.5 Å². The van der Waals surface area contributed by atoms with Gasteiger partial charge in [-0.05, 0) is 74.3 Å². The van der Waals surface area contributed by atoms with E-state index in [2.05, 4.69) is 26.9 Å². The molecule has 4 atom stereocenters. The fraction of sp³-hybridized carbons (Fsp3) is 0.575. The molecule has 11 heteroatoms. The lowest BCUT2D eigenvalue weighted by Gasteiger charge is -2.48. The van der Waals surface area contributed by atoms with Gasteiger partial charge in [0.25, 0.3) is 11.8 Å². The zero-order valence-corrected chi connectivity index (χ0v) is 30.5. The van der Waals surface area contributed by atoms with Crippen LogP contribution in [-0.4, -0.2) is 105 Å². The first-order valence-electron chi connectivity index (χ1n) is 18.7. The van der Waals surface area contributed by atoms with E-state index in [-0.39, 0.29) is 40.7 Å². The maximum atomic E-state index is 16.0. The lowest BCUT2D eigenvalue weighted by molar-refractivity contribution is -0.00877. The van der Waals surface area contributed by atoms with Crippen LogP contribution in [0.3, 0.4) is 0 Å². The van der Waals surface area contributed by atoms with Gasteiger partial charge in [-0.3, -0.25) is 19.2 Å². The molecule has 3 aliphatic heterocycles. The molecule has 4 heterocycles. The van der Waals surface area contributed by atoms with Gasteiger partial charge in [0.15, 0.2) is 0 Å². The Labute approximate surface area is 300 Å². The van der Waals surface area contributed by atoms with Crippen molar-refractivity contribution in [3.8, 4) is 0 Å². The minimum Gasteiger partial charge on any atom is -0.335 e. The van der Waals surface area contributed by atoms with E-state index in [1.807, 2.05) is 28.0 Å². The molecule has 4 unspecified atom stereocenters. The highest BCUT2D eigenvalue weighted by molar-refractivity contribution is 5.95. The van der Waals surface area contributed by atoms with Gasteiger partial charge in [-0.1, -0.05) is 51.1 Å². The second kappa shape index (κ2) is 15.5. The van der Waals surface area contributed by atoms with E-state index in [0.29, 0.717) is 25.6 Å². The molecular weight excluding hydrogens is 653 g/mol. The van der Waals surface area contributed by atoms with E-state index in [0.717, 1.165) is 64.0 Å². The molecule has 8 nitrogen and oxygen atoms in total. The van der Waals surface area contributed by atoms with E-state index in [4.69, 9.17) is 0 Å². The van der Waals surface area contributed by atoms with Crippen LogP contribution in [0.15, 0.2) is 67.3 Å². The quantitative estimate of drug-likeness (QED) is 0.236. The number of benzene rings is 2. The molecule has 51 heavy (non-hydrogen) atoms. The highest BCUT2D eigenvalue weighted by Gasteiger charge is 2.40. The molecule has 2 amide bonds. The van der Waals surface area contributed by atoms with Crippen molar-refractivity contribution in [2.24, 2.45) is 5.92 Å². The molecule has 0 aliphatic carbocycles. The standard InChI is InChI=1S/C40H53F3N6O2/c1-5-40(42,43)33-24-31(23-32(25-33)39(4,41)29(2)3)37(50)49-16-13-34(26-36(49)22-30-10-7-6-8-11-30)45-18-20-46(21-19-45)35-12-9-15-47(27-35)38(51)48-17-14-44-28-48/h6-8,10-11,14,17,23-25,28-29,34-36H,5,9,12-13,15-16,18-22,26-27H2,1-4H3. The maximum Gasteiger partial charge on any atom is 0.329 e. The van der Waals surface area contributed by atoms with E-state index in [1.165, 1.54) is 32.0 Å². The molecule has 0 bridgehead atoms. The van der Waals surface area contributed by atoms with Gasteiger partial charge in [0, 0.05) is 93.9 Å². The van der Waals surface area contributed by atoms with Crippen LogP contribution in [0.25, 0.3) is 0 Å². The minimum absolute atomic E-state index is 0.0257. The number of piperazine rings is 1. The van der Waals surface area contributed by atoms with Crippen molar-refractivity contribution in [2.45, 2.75) is 95.9 Å². The molecule has 0 N–H and O–H groups in total. The minimum atomic E-state index is -3.18.